The lowest BCUT2D eigenvalue weighted by molar-refractivity contribution is -0.133. The summed E-state index contributed by atoms with van der Waals surface area (Å²) in [6.07, 6.45) is 0. The zero-order chi connectivity index (χ0) is 18.7. The molecule has 0 atom stereocenters. The maximum absolute atomic E-state index is 13.8. The lowest BCUT2D eigenvalue weighted by Gasteiger charge is -2.18. The second kappa shape index (κ2) is 7.58. The highest BCUT2D eigenvalue weighted by Gasteiger charge is 2.17. The molecule has 2 aromatic carbocycles. The highest BCUT2D eigenvalue weighted by Crippen LogP contribution is 2.20. The maximum atomic E-state index is 13.8. The van der Waals surface area contributed by atoms with Crippen molar-refractivity contribution in [2.75, 3.05) is 13.7 Å². The van der Waals surface area contributed by atoms with Crippen LogP contribution in [-0.4, -0.2) is 35.4 Å². The van der Waals surface area contributed by atoms with E-state index >= 15 is 0 Å². The van der Waals surface area contributed by atoms with Gasteiger partial charge in [0, 0.05) is 35.1 Å². The molecule has 5 nitrogen and oxygen atoms in total. The Kier molecular flexibility index (Phi) is 5.23. The minimum atomic E-state index is -0.633. The van der Waals surface area contributed by atoms with Gasteiger partial charge in [-0.2, -0.15) is 0 Å². The number of aromatic amines is 1. The van der Waals surface area contributed by atoms with Gasteiger partial charge in [-0.05, 0) is 24.3 Å². The van der Waals surface area contributed by atoms with Gasteiger partial charge in [0.15, 0.2) is 6.61 Å². The van der Waals surface area contributed by atoms with Crippen LogP contribution in [0.25, 0.3) is 10.9 Å². The van der Waals surface area contributed by atoms with E-state index in [4.69, 9.17) is 16.3 Å². The van der Waals surface area contributed by atoms with Crippen LogP contribution in [0.1, 0.15) is 16.1 Å². The Bertz CT molecular complexity index is 917. The first kappa shape index (κ1) is 17.9. The van der Waals surface area contributed by atoms with Crippen LogP contribution in [0.2, 0.25) is 5.02 Å². The summed E-state index contributed by atoms with van der Waals surface area (Å²) >= 11 is 5.96. The molecule has 134 valence electrons. The number of hydrogen-bond donors (Lipinski definition) is 1. The molecule has 3 rings (SSSR count). The number of benzene rings is 2. The first-order chi connectivity index (χ1) is 12.5. The topological polar surface area (TPSA) is 62.4 Å². The third kappa shape index (κ3) is 3.86. The molecule has 1 N–H and O–H groups in total. The largest absolute Gasteiger partial charge is 0.451 e. The minimum Gasteiger partial charge on any atom is -0.451 e. The highest BCUT2D eigenvalue weighted by atomic mass is 35.5. The number of esters is 1. The van der Waals surface area contributed by atoms with Gasteiger partial charge >= 0.3 is 5.97 Å². The lowest BCUT2D eigenvalue weighted by atomic mass is 10.2. The average Bonchev–Trinajstić information content (AvgIpc) is 3.06. The summed E-state index contributed by atoms with van der Waals surface area (Å²) in [5.41, 5.74) is 1.28. The monoisotopic (exact) mass is 374 g/mol. The SMILES string of the molecule is CN(Cc1c(F)cccc1Cl)C(=O)COC(=O)c1cc2ccccc2[nH]1. The van der Waals surface area contributed by atoms with Crippen molar-refractivity contribution in [1.82, 2.24) is 9.88 Å². The van der Waals surface area contributed by atoms with Gasteiger partial charge in [-0.3, -0.25) is 4.79 Å². The number of likely N-dealkylation sites (N-methyl/N-ethyl adjacent to an activating group) is 1. The number of rotatable bonds is 5. The molecule has 0 spiro atoms. The smallest absolute Gasteiger partial charge is 0.355 e. The first-order valence-corrected chi connectivity index (χ1v) is 8.25. The van der Waals surface area contributed by atoms with Crippen LogP contribution in [0.4, 0.5) is 4.39 Å². The number of ether oxygens (including phenoxy) is 1. The Hall–Kier alpha value is -2.86. The molecule has 0 aliphatic carbocycles. The molecule has 0 unspecified atom stereocenters. The van der Waals surface area contributed by atoms with Gasteiger partial charge in [0.1, 0.15) is 11.5 Å². The molecule has 0 fully saturated rings. The molecule has 0 aliphatic rings. The quantitative estimate of drug-likeness (QED) is 0.691. The highest BCUT2D eigenvalue weighted by molar-refractivity contribution is 6.31. The standard InChI is InChI=1S/C19H16ClFN2O3/c1-23(10-13-14(20)6-4-7-15(13)21)18(24)11-26-19(25)17-9-12-5-2-3-8-16(12)22-17/h2-9,22H,10-11H2,1H3. The van der Waals surface area contributed by atoms with Crippen molar-refractivity contribution in [1.29, 1.82) is 0 Å². The first-order valence-electron chi connectivity index (χ1n) is 7.87. The number of aromatic nitrogens is 1. The second-order valence-corrected chi connectivity index (χ2v) is 6.20. The zero-order valence-corrected chi connectivity index (χ0v) is 14.7. The lowest BCUT2D eigenvalue weighted by Crippen LogP contribution is -2.31. The van der Waals surface area contributed by atoms with Gasteiger partial charge in [0.25, 0.3) is 5.91 Å². The maximum Gasteiger partial charge on any atom is 0.355 e. The van der Waals surface area contributed by atoms with E-state index in [0.29, 0.717) is 0 Å². The number of halogens is 2. The van der Waals surface area contributed by atoms with Crippen molar-refractivity contribution < 1.29 is 18.7 Å². The predicted octanol–water partition coefficient (Wildman–Crippen LogP) is 3.78. The number of hydrogen-bond acceptors (Lipinski definition) is 3. The van der Waals surface area contributed by atoms with E-state index in [1.807, 2.05) is 24.3 Å². The molecule has 3 aromatic rings. The van der Waals surface area contributed by atoms with Crippen molar-refractivity contribution in [3.05, 3.63) is 70.6 Å². The van der Waals surface area contributed by atoms with Crippen LogP contribution in [0.15, 0.2) is 48.5 Å². The summed E-state index contributed by atoms with van der Waals surface area (Å²) in [6.45, 7) is -0.467. The summed E-state index contributed by atoms with van der Waals surface area (Å²) in [6, 6.07) is 13.4. The summed E-state index contributed by atoms with van der Waals surface area (Å²) in [5.74, 6) is -1.59. The van der Waals surface area contributed by atoms with Gasteiger partial charge in [-0.15, -0.1) is 0 Å². The predicted molar refractivity (Wildman–Crippen MR) is 96.5 cm³/mol. The third-order valence-corrected chi connectivity index (χ3v) is 4.31. The Balaban J connectivity index is 1.60. The molecule has 1 aromatic heterocycles. The van der Waals surface area contributed by atoms with Crippen molar-refractivity contribution in [3.63, 3.8) is 0 Å². The molecular formula is C19H16ClFN2O3. The molecule has 1 heterocycles. The number of amides is 1. The third-order valence-electron chi connectivity index (χ3n) is 3.96. The number of nitrogens with zero attached hydrogens (tertiary/aromatic N) is 1. The van der Waals surface area contributed by atoms with Gasteiger partial charge in [-0.1, -0.05) is 35.9 Å². The molecular weight excluding hydrogens is 359 g/mol. The van der Waals surface area contributed by atoms with Crippen LogP contribution < -0.4 is 0 Å². The zero-order valence-electron chi connectivity index (χ0n) is 14.0. The van der Waals surface area contributed by atoms with Gasteiger partial charge in [-0.25, -0.2) is 9.18 Å². The summed E-state index contributed by atoms with van der Waals surface area (Å²) in [7, 11) is 1.49. The van der Waals surface area contributed by atoms with Crippen LogP contribution in [0.3, 0.4) is 0 Å². The number of fused-ring (bicyclic) bond motifs is 1. The van der Waals surface area contributed by atoms with Crippen molar-refractivity contribution in [2.24, 2.45) is 0 Å². The fourth-order valence-electron chi connectivity index (χ4n) is 2.51. The van der Waals surface area contributed by atoms with E-state index in [-0.39, 0.29) is 22.8 Å². The van der Waals surface area contributed by atoms with Gasteiger partial charge in [0.05, 0.1) is 0 Å². The fraction of sp³-hybridized carbons (Fsp3) is 0.158. The van der Waals surface area contributed by atoms with E-state index < -0.39 is 24.3 Å². The van der Waals surface area contributed by atoms with E-state index in [9.17, 15) is 14.0 Å². The number of nitrogens with one attached hydrogen (secondary N) is 1. The molecule has 0 saturated heterocycles. The van der Waals surface area contributed by atoms with Crippen molar-refractivity contribution in [2.45, 2.75) is 6.54 Å². The van der Waals surface area contributed by atoms with Crippen molar-refractivity contribution >= 4 is 34.4 Å². The van der Waals surface area contributed by atoms with Crippen LogP contribution >= 0.6 is 11.6 Å². The van der Waals surface area contributed by atoms with Crippen LogP contribution in [0, 0.1) is 5.82 Å². The van der Waals surface area contributed by atoms with Crippen LogP contribution in [-0.2, 0) is 16.1 Å². The number of carbonyl (C=O) groups is 2. The molecule has 0 saturated carbocycles. The Morgan fingerprint density at radius 3 is 2.69 bits per heavy atom. The minimum absolute atomic E-state index is 0.0196. The molecule has 1 amide bonds. The summed E-state index contributed by atoms with van der Waals surface area (Å²) < 4.78 is 18.8. The van der Waals surface area contributed by atoms with Crippen LogP contribution in [0.5, 0.6) is 0 Å². The second-order valence-electron chi connectivity index (χ2n) is 5.80. The molecule has 0 radical (unpaired) electrons. The normalized spacial score (nSPS) is 10.7. The molecule has 26 heavy (non-hydrogen) atoms. The molecule has 0 bridgehead atoms. The number of carbonyl (C=O) groups excluding carboxylic acids is 2. The summed E-state index contributed by atoms with van der Waals surface area (Å²) in [5, 5.41) is 1.11. The van der Waals surface area contributed by atoms with E-state index in [1.54, 1.807) is 12.1 Å². The number of para-hydroxylation sites is 1. The van der Waals surface area contributed by atoms with Gasteiger partial charge < -0.3 is 14.6 Å². The Morgan fingerprint density at radius 1 is 1.19 bits per heavy atom. The fourth-order valence-corrected chi connectivity index (χ4v) is 2.73. The Labute approximate surface area is 154 Å². The Morgan fingerprint density at radius 2 is 1.96 bits per heavy atom. The number of H-pyrrole nitrogens is 1. The molecule has 7 heteroatoms. The molecule has 0 aliphatic heterocycles. The van der Waals surface area contributed by atoms with Crippen molar-refractivity contribution in [3.8, 4) is 0 Å². The average molecular weight is 375 g/mol. The summed E-state index contributed by atoms with van der Waals surface area (Å²) in [4.78, 5) is 28.4. The van der Waals surface area contributed by atoms with E-state index in [2.05, 4.69) is 4.98 Å². The van der Waals surface area contributed by atoms with E-state index in [1.165, 1.54) is 24.1 Å². The van der Waals surface area contributed by atoms with E-state index in [0.717, 1.165) is 10.9 Å². The van der Waals surface area contributed by atoms with Gasteiger partial charge in [0.2, 0.25) is 0 Å².